The Bertz CT molecular complexity index is 545. The lowest BCUT2D eigenvalue weighted by Gasteiger charge is -2.10. The maximum absolute atomic E-state index is 11.9. The number of ether oxygens (including phenoxy) is 2. The SMILES string of the molecule is Nc1nc(OCCC(F)(F)F)ccc1C(=O)OCCC(F)(F)F. The van der Waals surface area contributed by atoms with Gasteiger partial charge in [0, 0.05) is 6.07 Å². The number of alkyl halides is 6. The summed E-state index contributed by atoms with van der Waals surface area (Å²) in [5.41, 5.74) is 5.09. The van der Waals surface area contributed by atoms with Crippen molar-refractivity contribution in [1.29, 1.82) is 0 Å². The number of nitrogen functional groups attached to an aromatic ring is 1. The number of carbonyl (C=O) groups is 1. The van der Waals surface area contributed by atoms with Crippen molar-refractivity contribution in [2.24, 2.45) is 0 Å². The van der Waals surface area contributed by atoms with E-state index in [0.717, 1.165) is 12.1 Å². The maximum Gasteiger partial charge on any atom is 0.392 e. The molecule has 0 fully saturated rings. The fourth-order valence-electron chi connectivity index (χ4n) is 1.32. The fourth-order valence-corrected chi connectivity index (χ4v) is 1.32. The summed E-state index contributed by atoms with van der Waals surface area (Å²) < 4.78 is 80.7. The first-order valence-electron chi connectivity index (χ1n) is 6.18. The van der Waals surface area contributed by atoms with Gasteiger partial charge in [-0.1, -0.05) is 0 Å². The van der Waals surface area contributed by atoms with Gasteiger partial charge in [-0.05, 0) is 6.07 Å². The molecule has 0 bridgehead atoms. The molecule has 0 aromatic carbocycles. The van der Waals surface area contributed by atoms with Crippen molar-refractivity contribution in [3.05, 3.63) is 17.7 Å². The predicted octanol–water partition coefficient (Wildman–Crippen LogP) is 3.10. The second kappa shape index (κ2) is 7.38. The van der Waals surface area contributed by atoms with Crippen molar-refractivity contribution in [3.8, 4) is 5.88 Å². The van der Waals surface area contributed by atoms with Gasteiger partial charge in [0.1, 0.15) is 18.0 Å². The van der Waals surface area contributed by atoms with Gasteiger partial charge in [-0.15, -0.1) is 0 Å². The molecule has 23 heavy (non-hydrogen) atoms. The van der Waals surface area contributed by atoms with Crippen molar-refractivity contribution < 1.29 is 40.6 Å². The average molecular weight is 346 g/mol. The van der Waals surface area contributed by atoms with Gasteiger partial charge in [-0.3, -0.25) is 0 Å². The summed E-state index contributed by atoms with van der Waals surface area (Å²) in [7, 11) is 0. The predicted molar refractivity (Wildman–Crippen MR) is 65.8 cm³/mol. The number of rotatable bonds is 6. The molecule has 0 saturated carbocycles. The monoisotopic (exact) mass is 346 g/mol. The number of aromatic nitrogens is 1. The van der Waals surface area contributed by atoms with Gasteiger partial charge < -0.3 is 15.2 Å². The highest BCUT2D eigenvalue weighted by atomic mass is 19.4. The minimum atomic E-state index is -4.47. The minimum absolute atomic E-state index is 0.251. The highest BCUT2D eigenvalue weighted by molar-refractivity contribution is 5.94. The first-order valence-corrected chi connectivity index (χ1v) is 6.18. The van der Waals surface area contributed by atoms with Crippen molar-refractivity contribution in [1.82, 2.24) is 4.98 Å². The molecule has 0 saturated heterocycles. The van der Waals surface area contributed by atoms with E-state index in [4.69, 9.17) is 10.5 Å². The standard InChI is InChI=1S/C12H12F6N2O3/c13-11(14,15)3-5-22-8-2-1-7(9(19)20-8)10(21)23-6-4-12(16,17)18/h1-2H,3-6H2,(H2,19,20). The number of hydrogen-bond donors (Lipinski definition) is 1. The van der Waals surface area contributed by atoms with Crippen LogP contribution in [-0.2, 0) is 4.74 Å². The summed E-state index contributed by atoms with van der Waals surface area (Å²) >= 11 is 0. The summed E-state index contributed by atoms with van der Waals surface area (Å²) in [5.74, 6) is -1.80. The molecule has 1 heterocycles. The summed E-state index contributed by atoms with van der Waals surface area (Å²) in [4.78, 5) is 15.0. The molecule has 0 aliphatic heterocycles. The van der Waals surface area contributed by atoms with Crippen LogP contribution in [0.15, 0.2) is 12.1 Å². The van der Waals surface area contributed by atoms with Crippen LogP contribution in [0.3, 0.4) is 0 Å². The zero-order valence-corrected chi connectivity index (χ0v) is 11.5. The lowest BCUT2D eigenvalue weighted by molar-refractivity contribution is -0.141. The smallest absolute Gasteiger partial charge is 0.392 e. The molecule has 0 amide bonds. The third kappa shape index (κ3) is 7.56. The molecule has 0 aliphatic carbocycles. The largest absolute Gasteiger partial charge is 0.477 e. The zero-order valence-electron chi connectivity index (χ0n) is 11.5. The van der Waals surface area contributed by atoms with E-state index in [1.165, 1.54) is 0 Å². The molecule has 5 nitrogen and oxygen atoms in total. The Balaban J connectivity index is 2.56. The van der Waals surface area contributed by atoms with E-state index in [1.54, 1.807) is 0 Å². The zero-order chi connectivity index (χ0) is 17.7. The fraction of sp³-hybridized carbons (Fsp3) is 0.500. The summed E-state index contributed by atoms with van der Waals surface area (Å²) in [6.07, 6.45) is -11.4. The second-order valence-electron chi connectivity index (χ2n) is 4.30. The van der Waals surface area contributed by atoms with Gasteiger partial charge in [-0.2, -0.15) is 31.3 Å². The quantitative estimate of drug-likeness (QED) is 0.633. The number of carbonyl (C=O) groups excluding carboxylic acids is 1. The highest BCUT2D eigenvalue weighted by Gasteiger charge is 2.28. The molecular weight excluding hydrogens is 334 g/mol. The van der Waals surface area contributed by atoms with Crippen molar-refractivity contribution in [3.63, 3.8) is 0 Å². The molecule has 0 atom stereocenters. The van der Waals surface area contributed by atoms with Crippen molar-refractivity contribution >= 4 is 11.8 Å². The topological polar surface area (TPSA) is 74.4 Å². The van der Waals surface area contributed by atoms with Crippen LogP contribution in [-0.4, -0.2) is 36.5 Å². The highest BCUT2D eigenvalue weighted by Crippen LogP contribution is 2.22. The van der Waals surface area contributed by atoms with Crippen LogP contribution in [0, 0.1) is 0 Å². The van der Waals surface area contributed by atoms with Gasteiger partial charge in [0.2, 0.25) is 5.88 Å². The van der Waals surface area contributed by atoms with E-state index in [1.807, 2.05) is 0 Å². The molecule has 2 N–H and O–H groups in total. The van der Waals surface area contributed by atoms with Gasteiger partial charge >= 0.3 is 18.3 Å². The third-order valence-corrected chi connectivity index (χ3v) is 2.37. The van der Waals surface area contributed by atoms with E-state index in [9.17, 15) is 31.1 Å². The molecular formula is C12H12F6N2O3. The average Bonchev–Trinajstić information content (AvgIpc) is 2.35. The number of anilines is 1. The molecule has 1 rings (SSSR count). The van der Waals surface area contributed by atoms with Gasteiger partial charge in [0.25, 0.3) is 0 Å². The number of pyridine rings is 1. The molecule has 0 aliphatic rings. The Hall–Kier alpha value is -2.20. The first kappa shape index (κ1) is 18.8. The number of nitrogens with two attached hydrogens (primary N) is 1. The second-order valence-corrected chi connectivity index (χ2v) is 4.30. The molecule has 1 aromatic heterocycles. The Morgan fingerprint density at radius 3 is 2.13 bits per heavy atom. The van der Waals surface area contributed by atoms with Gasteiger partial charge in [0.15, 0.2) is 0 Å². The van der Waals surface area contributed by atoms with Crippen LogP contribution in [0.1, 0.15) is 23.2 Å². The maximum atomic E-state index is 11.9. The Morgan fingerprint density at radius 2 is 1.61 bits per heavy atom. The van der Waals surface area contributed by atoms with Crippen LogP contribution < -0.4 is 10.5 Å². The number of nitrogens with zero attached hydrogens (tertiary/aromatic N) is 1. The molecule has 0 radical (unpaired) electrons. The summed E-state index contributed by atoms with van der Waals surface area (Å²) in [6, 6.07) is 2.11. The third-order valence-electron chi connectivity index (χ3n) is 2.37. The van der Waals surface area contributed by atoms with E-state index >= 15 is 0 Å². The van der Waals surface area contributed by atoms with Crippen molar-refractivity contribution in [2.75, 3.05) is 18.9 Å². The molecule has 130 valence electrons. The van der Waals surface area contributed by atoms with Gasteiger partial charge in [-0.25, -0.2) is 4.79 Å². The molecule has 11 heteroatoms. The summed E-state index contributed by atoms with van der Waals surface area (Å²) in [6.45, 7) is -1.57. The lowest BCUT2D eigenvalue weighted by atomic mass is 10.2. The number of halogens is 6. The van der Waals surface area contributed by atoms with Gasteiger partial charge in [0.05, 0.1) is 19.4 Å². The van der Waals surface area contributed by atoms with Crippen LogP contribution in [0.2, 0.25) is 0 Å². The number of hydrogen-bond acceptors (Lipinski definition) is 5. The lowest BCUT2D eigenvalue weighted by Crippen LogP contribution is -2.16. The van der Waals surface area contributed by atoms with E-state index < -0.39 is 50.2 Å². The Morgan fingerprint density at radius 1 is 1.04 bits per heavy atom. The van der Waals surface area contributed by atoms with Crippen LogP contribution in [0.25, 0.3) is 0 Å². The molecule has 1 aromatic rings. The van der Waals surface area contributed by atoms with E-state index in [0.29, 0.717) is 0 Å². The van der Waals surface area contributed by atoms with E-state index in [2.05, 4.69) is 9.72 Å². The Labute approximate surface area is 126 Å². The van der Waals surface area contributed by atoms with Crippen LogP contribution in [0.4, 0.5) is 32.2 Å². The Kier molecular flexibility index (Phi) is 6.05. The van der Waals surface area contributed by atoms with Crippen molar-refractivity contribution in [2.45, 2.75) is 25.2 Å². The first-order chi connectivity index (χ1) is 10.5. The number of esters is 1. The summed E-state index contributed by atoms with van der Waals surface area (Å²) in [5, 5.41) is 0. The molecule has 0 unspecified atom stereocenters. The normalized spacial score (nSPS) is 12.1. The van der Waals surface area contributed by atoms with E-state index in [-0.39, 0.29) is 11.4 Å². The van der Waals surface area contributed by atoms with Crippen LogP contribution in [0.5, 0.6) is 5.88 Å². The van der Waals surface area contributed by atoms with Crippen LogP contribution >= 0.6 is 0 Å². The molecule has 0 spiro atoms. The minimum Gasteiger partial charge on any atom is -0.477 e.